The Balaban J connectivity index is 0.00000200. The minimum absolute atomic E-state index is 0. The Labute approximate surface area is 139 Å². The van der Waals surface area contributed by atoms with E-state index in [-0.39, 0.29) is 24.0 Å². The van der Waals surface area contributed by atoms with Gasteiger partial charge in [0.15, 0.2) is 5.96 Å². The van der Waals surface area contributed by atoms with Gasteiger partial charge in [-0.05, 0) is 56.7 Å². The number of hydrogen-bond donors (Lipinski definition) is 1. The fraction of sp³-hybridized carbons (Fsp3) is 0.562. The number of nitrogens with zero attached hydrogens (tertiary/aromatic N) is 2. The predicted molar refractivity (Wildman–Crippen MR) is 96.8 cm³/mol. The van der Waals surface area contributed by atoms with Crippen molar-refractivity contribution in [3.8, 4) is 0 Å². The van der Waals surface area contributed by atoms with Crippen LogP contribution in [0.2, 0.25) is 0 Å². The lowest BCUT2D eigenvalue weighted by atomic mass is 10.00. The van der Waals surface area contributed by atoms with Crippen LogP contribution in [0, 0.1) is 20.8 Å². The fourth-order valence-electron chi connectivity index (χ4n) is 2.84. The monoisotopic (exact) mass is 387 g/mol. The number of aliphatic imine (C=N–C) groups is 1. The average molecular weight is 387 g/mol. The molecule has 0 amide bonds. The Bertz CT molecular complexity index is 454. The number of likely N-dealkylation sites (tertiary alicyclic amines) is 1. The molecule has 0 radical (unpaired) electrons. The maximum atomic E-state index is 6.10. The van der Waals surface area contributed by atoms with E-state index in [1.807, 2.05) is 0 Å². The summed E-state index contributed by atoms with van der Waals surface area (Å²) in [6, 6.07) is 4.43. The van der Waals surface area contributed by atoms with Crippen LogP contribution in [0.3, 0.4) is 0 Å². The zero-order valence-corrected chi connectivity index (χ0v) is 15.1. The molecule has 0 bridgehead atoms. The van der Waals surface area contributed by atoms with Crippen molar-refractivity contribution >= 4 is 29.9 Å². The fourth-order valence-corrected chi connectivity index (χ4v) is 2.84. The third-order valence-corrected chi connectivity index (χ3v) is 3.92. The van der Waals surface area contributed by atoms with Crippen LogP contribution in [0.15, 0.2) is 17.1 Å². The molecule has 3 nitrogen and oxygen atoms in total. The molecule has 0 unspecified atom stereocenters. The first kappa shape index (κ1) is 17.3. The molecule has 4 heteroatoms. The van der Waals surface area contributed by atoms with Gasteiger partial charge >= 0.3 is 0 Å². The summed E-state index contributed by atoms with van der Waals surface area (Å²) in [6.45, 7) is 9.25. The molecule has 1 aromatic rings. The van der Waals surface area contributed by atoms with Crippen LogP contribution >= 0.6 is 24.0 Å². The highest BCUT2D eigenvalue weighted by molar-refractivity contribution is 14.0. The van der Waals surface area contributed by atoms with Crippen LogP contribution in [0.4, 0.5) is 0 Å². The van der Waals surface area contributed by atoms with E-state index < -0.39 is 0 Å². The standard InChI is InChI=1S/C16H25N3.HI/c1-12-9-13(2)15(14(3)10-12)11-18-16(17)19-7-5-4-6-8-19;/h9-10H,4-8,11H2,1-3H3,(H2,17,18);1H. The van der Waals surface area contributed by atoms with E-state index in [1.54, 1.807) is 0 Å². The highest BCUT2D eigenvalue weighted by Gasteiger charge is 2.12. The molecule has 2 rings (SSSR count). The number of guanidine groups is 1. The van der Waals surface area contributed by atoms with Gasteiger partial charge in [0.2, 0.25) is 0 Å². The number of benzene rings is 1. The van der Waals surface area contributed by atoms with Crippen molar-refractivity contribution in [3.63, 3.8) is 0 Å². The van der Waals surface area contributed by atoms with Gasteiger partial charge in [-0.25, -0.2) is 4.99 Å². The Morgan fingerprint density at radius 3 is 2.20 bits per heavy atom. The molecular formula is C16H26IN3. The summed E-state index contributed by atoms with van der Waals surface area (Å²) in [6.07, 6.45) is 3.79. The molecule has 1 aliphatic heterocycles. The molecule has 0 saturated carbocycles. The van der Waals surface area contributed by atoms with Gasteiger partial charge in [0.05, 0.1) is 6.54 Å². The van der Waals surface area contributed by atoms with Crippen LogP contribution in [0.25, 0.3) is 0 Å². The summed E-state index contributed by atoms with van der Waals surface area (Å²) in [5.41, 5.74) is 11.4. The molecule has 20 heavy (non-hydrogen) atoms. The Morgan fingerprint density at radius 2 is 1.65 bits per heavy atom. The topological polar surface area (TPSA) is 41.6 Å². The van der Waals surface area contributed by atoms with Crippen molar-refractivity contribution in [2.24, 2.45) is 10.7 Å². The summed E-state index contributed by atoms with van der Waals surface area (Å²) in [5, 5.41) is 0. The van der Waals surface area contributed by atoms with Crippen molar-refractivity contribution in [3.05, 3.63) is 34.4 Å². The minimum atomic E-state index is 0. The summed E-state index contributed by atoms with van der Waals surface area (Å²) in [7, 11) is 0. The van der Waals surface area contributed by atoms with Crippen LogP contribution in [-0.4, -0.2) is 23.9 Å². The highest BCUT2D eigenvalue weighted by Crippen LogP contribution is 2.17. The van der Waals surface area contributed by atoms with Gasteiger partial charge < -0.3 is 10.6 Å². The SMILES string of the molecule is Cc1cc(C)c(CN=C(N)N2CCCCC2)c(C)c1.I. The zero-order chi connectivity index (χ0) is 13.8. The van der Waals surface area contributed by atoms with Crippen molar-refractivity contribution in [2.45, 2.75) is 46.6 Å². The molecule has 0 aromatic heterocycles. The lowest BCUT2D eigenvalue weighted by molar-refractivity contribution is 0.338. The Hall–Kier alpha value is -0.780. The summed E-state index contributed by atoms with van der Waals surface area (Å²) in [5.74, 6) is 0.707. The first-order chi connectivity index (χ1) is 9.08. The number of piperidine rings is 1. The molecule has 1 aromatic carbocycles. The third-order valence-electron chi connectivity index (χ3n) is 3.92. The highest BCUT2D eigenvalue weighted by atomic mass is 127. The van der Waals surface area contributed by atoms with Crippen LogP contribution < -0.4 is 5.73 Å². The van der Waals surface area contributed by atoms with Gasteiger partial charge in [-0.1, -0.05) is 17.7 Å². The Morgan fingerprint density at radius 1 is 1.10 bits per heavy atom. The van der Waals surface area contributed by atoms with E-state index in [4.69, 9.17) is 5.73 Å². The molecule has 1 aliphatic rings. The molecule has 1 heterocycles. The molecule has 2 N–H and O–H groups in total. The maximum absolute atomic E-state index is 6.10. The first-order valence-electron chi connectivity index (χ1n) is 7.19. The van der Waals surface area contributed by atoms with Gasteiger partial charge in [-0.3, -0.25) is 0 Å². The van der Waals surface area contributed by atoms with E-state index in [1.165, 1.54) is 41.5 Å². The quantitative estimate of drug-likeness (QED) is 0.479. The van der Waals surface area contributed by atoms with Crippen LogP contribution in [0.1, 0.15) is 41.5 Å². The second kappa shape index (κ2) is 7.86. The maximum Gasteiger partial charge on any atom is 0.191 e. The largest absolute Gasteiger partial charge is 0.370 e. The van der Waals surface area contributed by atoms with Crippen LogP contribution in [0.5, 0.6) is 0 Å². The van der Waals surface area contributed by atoms with Crippen molar-refractivity contribution in [2.75, 3.05) is 13.1 Å². The smallest absolute Gasteiger partial charge is 0.191 e. The Kier molecular flexibility index (Phi) is 6.79. The molecule has 112 valence electrons. The van der Waals surface area contributed by atoms with Crippen LogP contribution in [-0.2, 0) is 6.54 Å². The van der Waals surface area contributed by atoms with Crippen molar-refractivity contribution < 1.29 is 0 Å². The van der Waals surface area contributed by atoms with E-state index >= 15 is 0 Å². The lowest BCUT2D eigenvalue weighted by Crippen LogP contribution is -2.40. The first-order valence-corrected chi connectivity index (χ1v) is 7.19. The zero-order valence-electron chi connectivity index (χ0n) is 12.8. The second-order valence-electron chi connectivity index (χ2n) is 5.60. The van der Waals surface area contributed by atoms with Gasteiger partial charge in [-0.2, -0.15) is 0 Å². The van der Waals surface area contributed by atoms with Gasteiger partial charge in [0, 0.05) is 13.1 Å². The summed E-state index contributed by atoms with van der Waals surface area (Å²) in [4.78, 5) is 6.80. The van der Waals surface area contributed by atoms with Gasteiger partial charge in [0.25, 0.3) is 0 Å². The molecule has 1 fully saturated rings. The molecule has 0 atom stereocenters. The number of rotatable bonds is 2. The van der Waals surface area contributed by atoms with Crippen molar-refractivity contribution in [1.82, 2.24) is 4.90 Å². The molecule has 1 saturated heterocycles. The van der Waals surface area contributed by atoms with Crippen molar-refractivity contribution in [1.29, 1.82) is 0 Å². The van der Waals surface area contributed by atoms with E-state index in [0.29, 0.717) is 12.5 Å². The average Bonchev–Trinajstić information content (AvgIpc) is 2.38. The van der Waals surface area contributed by atoms with E-state index in [2.05, 4.69) is 42.8 Å². The molecular weight excluding hydrogens is 361 g/mol. The van der Waals surface area contributed by atoms with E-state index in [9.17, 15) is 0 Å². The number of halogens is 1. The summed E-state index contributed by atoms with van der Waals surface area (Å²) < 4.78 is 0. The predicted octanol–water partition coefficient (Wildman–Crippen LogP) is 3.53. The number of aryl methyl sites for hydroxylation is 3. The summed E-state index contributed by atoms with van der Waals surface area (Å²) >= 11 is 0. The molecule has 0 spiro atoms. The minimum Gasteiger partial charge on any atom is -0.370 e. The number of hydrogen-bond acceptors (Lipinski definition) is 1. The molecule has 0 aliphatic carbocycles. The number of nitrogens with two attached hydrogens (primary N) is 1. The second-order valence-corrected chi connectivity index (χ2v) is 5.60. The third kappa shape index (κ3) is 4.36. The van der Waals surface area contributed by atoms with Gasteiger partial charge in [0.1, 0.15) is 0 Å². The van der Waals surface area contributed by atoms with E-state index in [0.717, 1.165) is 13.1 Å². The lowest BCUT2D eigenvalue weighted by Gasteiger charge is -2.27. The normalized spacial score (nSPS) is 15.9. The van der Waals surface area contributed by atoms with Gasteiger partial charge in [-0.15, -0.1) is 24.0 Å².